The standard InChI is InChI=1S/C15H18N2S2/c1-3-11-5-6-12(19-11)9-17-14-8-10(2)4-7-13(14)15(16)18/h4-8,17H,3,9H2,1-2H3,(H2,16,18). The number of thiophene rings is 1. The summed E-state index contributed by atoms with van der Waals surface area (Å²) in [6.45, 7) is 5.05. The highest BCUT2D eigenvalue weighted by Gasteiger charge is 2.06. The third kappa shape index (κ3) is 3.55. The second kappa shape index (κ2) is 6.17. The van der Waals surface area contributed by atoms with Gasteiger partial charge >= 0.3 is 0 Å². The predicted octanol–water partition coefficient (Wildman–Crippen LogP) is 3.87. The quantitative estimate of drug-likeness (QED) is 0.821. The number of benzene rings is 1. The third-order valence-corrected chi connectivity index (χ3v) is 4.41. The molecule has 0 bridgehead atoms. The van der Waals surface area contributed by atoms with Gasteiger partial charge in [-0.05, 0) is 43.2 Å². The van der Waals surface area contributed by atoms with Crippen LogP contribution in [0.15, 0.2) is 30.3 Å². The Bertz CT molecular complexity index is 588. The Morgan fingerprint density at radius 1 is 1.26 bits per heavy atom. The minimum Gasteiger partial charge on any atom is -0.389 e. The summed E-state index contributed by atoms with van der Waals surface area (Å²) in [5, 5.41) is 3.43. The van der Waals surface area contributed by atoms with Gasteiger partial charge in [0.05, 0.1) is 0 Å². The van der Waals surface area contributed by atoms with Gasteiger partial charge in [0, 0.05) is 27.5 Å². The van der Waals surface area contributed by atoms with Crippen LogP contribution < -0.4 is 11.1 Å². The number of hydrogen-bond acceptors (Lipinski definition) is 3. The van der Waals surface area contributed by atoms with Crippen molar-refractivity contribution in [1.82, 2.24) is 0 Å². The van der Waals surface area contributed by atoms with E-state index in [1.165, 1.54) is 15.3 Å². The lowest BCUT2D eigenvalue weighted by atomic mass is 10.1. The Morgan fingerprint density at radius 2 is 2.00 bits per heavy atom. The van der Waals surface area contributed by atoms with E-state index < -0.39 is 0 Å². The highest BCUT2D eigenvalue weighted by molar-refractivity contribution is 7.80. The number of thiocarbonyl (C=S) groups is 1. The van der Waals surface area contributed by atoms with E-state index in [0.29, 0.717) is 4.99 Å². The van der Waals surface area contributed by atoms with Crippen LogP contribution in [0.4, 0.5) is 5.69 Å². The molecule has 0 saturated carbocycles. The molecule has 2 rings (SSSR count). The fourth-order valence-electron chi connectivity index (χ4n) is 1.91. The van der Waals surface area contributed by atoms with Crippen molar-refractivity contribution in [2.45, 2.75) is 26.8 Å². The molecule has 2 aromatic rings. The maximum atomic E-state index is 5.75. The third-order valence-electron chi connectivity index (χ3n) is 2.96. The minimum atomic E-state index is 0.433. The molecule has 0 fully saturated rings. The molecule has 100 valence electrons. The van der Waals surface area contributed by atoms with E-state index in [-0.39, 0.29) is 0 Å². The molecule has 0 spiro atoms. The van der Waals surface area contributed by atoms with E-state index in [2.05, 4.69) is 37.4 Å². The molecule has 3 N–H and O–H groups in total. The highest BCUT2D eigenvalue weighted by Crippen LogP contribution is 2.21. The molecule has 0 atom stereocenters. The van der Waals surface area contributed by atoms with E-state index in [4.69, 9.17) is 18.0 Å². The zero-order chi connectivity index (χ0) is 13.8. The van der Waals surface area contributed by atoms with Gasteiger partial charge in [-0.3, -0.25) is 0 Å². The van der Waals surface area contributed by atoms with E-state index in [1.807, 2.05) is 23.5 Å². The first-order valence-corrected chi connectivity index (χ1v) is 7.54. The topological polar surface area (TPSA) is 38.0 Å². The lowest BCUT2D eigenvalue weighted by molar-refractivity contribution is 1.18. The number of anilines is 1. The molecular weight excluding hydrogens is 272 g/mol. The second-order valence-corrected chi connectivity index (χ2v) is 6.18. The van der Waals surface area contributed by atoms with E-state index in [1.54, 1.807) is 0 Å². The van der Waals surface area contributed by atoms with Gasteiger partial charge in [-0.2, -0.15) is 0 Å². The first-order valence-electron chi connectivity index (χ1n) is 6.32. The monoisotopic (exact) mass is 290 g/mol. The van der Waals surface area contributed by atoms with Crippen LogP contribution in [0.1, 0.15) is 27.8 Å². The minimum absolute atomic E-state index is 0.433. The first-order chi connectivity index (χ1) is 9.10. The van der Waals surface area contributed by atoms with Crippen molar-refractivity contribution in [2.75, 3.05) is 5.32 Å². The smallest absolute Gasteiger partial charge is 0.106 e. The summed E-state index contributed by atoms with van der Waals surface area (Å²) in [6.07, 6.45) is 1.09. The molecule has 0 saturated heterocycles. The van der Waals surface area contributed by atoms with Crippen molar-refractivity contribution in [3.63, 3.8) is 0 Å². The summed E-state index contributed by atoms with van der Waals surface area (Å²) in [6, 6.07) is 10.5. The van der Waals surface area contributed by atoms with E-state index >= 15 is 0 Å². The van der Waals surface area contributed by atoms with Crippen molar-refractivity contribution in [3.05, 3.63) is 51.2 Å². The van der Waals surface area contributed by atoms with Crippen LogP contribution in [0, 0.1) is 6.92 Å². The lowest BCUT2D eigenvalue weighted by Crippen LogP contribution is -2.13. The maximum absolute atomic E-state index is 5.75. The summed E-state index contributed by atoms with van der Waals surface area (Å²) >= 11 is 6.93. The van der Waals surface area contributed by atoms with Crippen LogP contribution in [0.2, 0.25) is 0 Å². The molecule has 2 nitrogen and oxygen atoms in total. The molecule has 0 aliphatic rings. The fourth-order valence-corrected chi connectivity index (χ4v) is 2.98. The van der Waals surface area contributed by atoms with Crippen LogP contribution in [-0.4, -0.2) is 4.99 Å². The van der Waals surface area contributed by atoms with Gasteiger partial charge in [0.1, 0.15) is 4.99 Å². The molecule has 19 heavy (non-hydrogen) atoms. The van der Waals surface area contributed by atoms with Gasteiger partial charge in [0.2, 0.25) is 0 Å². The summed E-state index contributed by atoms with van der Waals surface area (Å²) in [7, 11) is 0. The Balaban J connectivity index is 2.14. The molecule has 0 radical (unpaired) electrons. The molecule has 0 aliphatic heterocycles. The zero-order valence-electron chi connectivity index (χ0n) is 11.2. The molecule has 4 heteroatoms. The Hall–Kier alpha value is -1.39. The van der Waals surface area contributed by atoms with Crippen LogP contribution in [0.5, 0.6) is 0 Å². The molecular formula is C15H18N2S2. The van der Waals surface area contributed by atoms with Crippen LogP contribution in [0.3, 0.4) is 0 Å². The normalized spacial score (nSPS) is 10.4. The van der Waals surface area contributed by atoms with Gasteiger partial charge in [-0.25, -0.2) is 0 Å². The number of nitrogens with two attached hydrogens (primary N) is 1. The molecule has 0 aliphatic carbocycles. The second-order valence-electron chi connectivity index (χ2n) is 4.49. The van der Waals surface area contributed by atoms with Crippen LogP contribution in [-0.2, 0) is 13.0 Å². The number of hydrogen-bond donors (Lipinski definition) is 2. The Labute approximate surface area is 123 Å². The first kappa shape index (κ1) is 14.0. The van der Waals surface area contributed by atoms with Gasteiger partial charge in [-0.1, -0.05) is 25.2 Å². The highest BCUT2D eigenvalue weighted by atomic mass is 32.1. The van der Waals surface area contributed by atoms with Crippen LogP contribution in [0.25, 0.3) is 0 Å². The van der Waals surface area contributed by atoms with Crippen LogP contribution >= 0.6 is 23.6 Å². The van der Waals surface area contributed by atoms with Gasteiger partial charge < -0.3 is 11.1 Å². The van der Waals surface area contributed by atoms with Crippen molar-refractivity contribution < 1.29 is 0 Å². The SMILES string of the molecule is CCc1ccc(CNc2cc(C)ccc2C(N)=S)s1. The van der Waals surface area contributed by atoms with E-state index in [9.17, 15) is 0 Å². The molecule has 0 amide bonds. The average Bonchev–Trinajstić information content (AvgIpc) is 2.84. The summed E-state index contributed by atoms with van der Waals surface area (Å²) < 4.78 is 0. The Kier molecular flexibility index (Phi) is 4.56. The van der Waals surface area contributed by atoms with Crippen molar-refractivity contribution in [1.29, 1.82) is 0 Å². The molecule has 1 aromatic carbocycles. The molecule has 1 heterocycles. The van der Waals surface area contributed by atoms with Gasteiger partial charge in [0.25, 0.3) is 0 Å². The van der Waals surface area contributed by atoms with E-state index in [0.717, 1.165) is 24.2 Å². The molecule has 1 aromatic heterocycles. The predicted molar refractivity (Wildman–Crippen MR) is 88.1 cm³/mol. The maximum Gasteiger partial charge on any atom is 0.106 e. The largest absolute Gasteiger partial charge is 0.389 e. The van der Waals surface area contributed by atoms with Gasteiger partial charge in [0.15, 0.2) is 0 Å². The Morgan fingerprint density at radius 3 is 2.63 bits per heavy atom. The average molecular weight is 290 g/mol. The van der Waals surface area contributed by atoms with Gasteiger partial charge in [-0.15, -0.1) is 11.3 Å². The fraction of sp³-hybridized carbons (Fsp3) is 0.267. The number of aryl methyl sites for hydroxylation is 2. The summed E-state index contributed by atoms with van der Waals surface area (Å²) in [4.78, 5) is 3.17. The van der Waals surface area contributed by atoms with Crippen molar-refractivity contribution in [3.8, 4) is 0 Å². The number of rotatable bonds is 5. The summed E-state index contributed by atoms with van der Waals surface area (Å²) in [5.74, 6) is 0. The number of nitrogens with one attached hydrogen (secondary N) is 1. The van der Waals surface area contributed by atoms with Crippen molar-refractivity contribution in [2.24, 2.45) is 5.73 Å². The zero-order valence-corrected chi connectivity index (χ0v) is 12.8. The van der Waals surface area contributed by atoms with Crippen molar-refractivity contribution >= 4 is 34.2 Å². The summed E-state index contributed by atoms with van der Waals surface area (Å²) in [5.41, 5.74) is 8.87. The lowest BCUT2D eigenvalue weighted by Gasteiger charge is -2.11. The molecule has 0 unspecified atom stereocenters.